The summed E-state index contributed by atoms with van der Waals surface area (Å²) in [6.45, 7) is 9.96. The van der Waals surface area contributed by atoms with Crippen molar-refractivity contribution >= 4 is 5.91 Å². The molecular weight excluding hydrogens is 238 g/mol. The van der Waals surface area contributed by atoms with Crippen LogP contribution in [0.15, 0.2) is 0 Å². The fraction of sp³-hybridized carbons (Fsp3) is 0.933. The first-order chi connectivity index (χ1) is 9.15. The predicted molar refractivity (Wildman–Crippen MR) is 78.0 cm³/mol. The molecule has 0 aliphatic carbocycles. The Morgan fingerprint density at radius 1 is 1.37 bits per heavy atom. The summed E-state index contributed by atoms with van der Waals surface area (Å²) in [4.78, 5) is 14.5. The Morgan fingerprint density at radius 3 is 2.89 bits per heavy atom. The molecule has 0 radical (unpaired) electrons. The number of likely N-dealkylation sites (tertiary alicyclic amines) is 1. The van der Waals surface area contributed by atoms with E-state index in [4.69, 9.17) is 0 Å². The monoisotopic (exact) mass is 267 g/mol. The number of nitrogens with one attached hydrogen (secondary N) is 2. The van der Waals surface area contributed by atoms with Gasteiger partial charge in [0.2, 0.25) is 5.91 Å². The van der Waals surface area contributed by atoms with Crippen molar-refractivity contribution in [3.05, 3.63) is 0 Å². The highest BCUT2D eigenvalue weighted by Crippen LogP contribution is 2.17. The standard InChI is InChI=1S/C15H29N3O/c1-12(2)10-18-8-4-5-13(11-18)9-17-15(19)14-6-3-7-16-14/h12-14,16H,3-11H2,1-2H3,(H,17,19). The molecule has 2 heterocycles. The van der Waals surface area contributed by atoms with Gasteiger partial charge in [0.05, 0.1) is 6.04 Å². The lowest BCUT2D eigenvalue weighted by atomic mass is 9.97. The molecule has 0 bridgehead atoms. The van der Waals surface area contributed by atoms with E-state index in [0.717, 1.165) is 38.4 Å². The summed E-state index contributed by atoms with van der Waals surface area (Å²) in [5.41, 5.74) is 0. The molecule has 0 spiro atoms. The van der Waals surface area contributed by atoms with Gasteiger partial charge in [0, 0.05) is 19.6 Å². The van der Waals surface area contributed by atoms with Crippen LogP contribution in [0.25, 0.3) is 0 Å². The first-order valence-corrected chi connectivity index (χ1v) is 7.88. The Kier molecular flexibility index (Phi) is 5.64. The molecule has 2 rings (SSSR count). The van der Waals surface area contributed by atoms with Crippen LogP contribution in [-0.2, 0) is 4.79 Å². The molecule has 2 aliphatic rings. The van der Waals surface area contributed by atoms with Gasteiger partial charge in [-0.1, -0.05) is 13.8 Å². The van der Waals surface area contributed by atoms with Crippen LogP contribution in [0.1, 0.15) is 39.5 Å². The summed E-state index contributed by atoms with van der Waals surface area (Å²) < 4.78 is 0. The van der Waals surface area contributed by atoms with Crippen molar-refractivity contribution in [1.82, 2.24) is 15.5 Å². The Bertz CT molecular complexity index is 287. The van der Waals surface area contributed by atoms with E-state index in [9.17, 15) is 4.79 Å². The number of hydrogen-bond acceptors (Lipinski definition) is 3. The zero-order valence-electron chi connectivity index (χ0n) is 12.5. The molecule has 110 valence electrons. The molecule has 1 amide bonds. The second-order valence-electron chi connectivity index (χ2n) is 6.56. The van der Waals surface area contributed by atoms with Gasteiger partial charge in [-0.15, -0.1) is 0 Å². The molecule has 2 atom stereocenters. The minimum Gasteiger partial charge on any atom is -0.354 e. The summed E-state index contributed by atoms with van der Waals surface area (Å²) in [5, 5.41) is 6.40. The molecule has 2 aliphatic heterocycles. The summed E-state index contributed by atoms with van der Waals surface area (Å²) in [6, 6.07) is 0.0651. The molecule has 0 saturated carbocycles. The minimum atomic E-state index is 0.0651. The van der Waals surface area contributed by atoms with Crippen molar-refractivity contribution < 1.29 is 4.79 Å². The van der Waals surface area contributed by atoms with Gasteiger partial charge >= 0.3 is 0 Å². The topological polar surface area (TPSA) is 44.4 Å². The van der Waals surface area contributed by atoms with Crippen LogP contribution in [0, 0.1) is 11.8 Å². The SMILES string of the molecule is CC(C)CN1CCCC(CNC(=O)C2CCCN2)C1. The fourth-order valence-electron chi connectivity index (χ4n) is 3.28. The lowest BCUT2D eigenvalue weighted by Gasteiger charge is -2.34. The van der Waals surface area contributed by atoms with Gasteiger partial charge in [-0.05, 0) is 50.6 Å². The number of carbonyl (C=O) groups excluding carboxylic acids is 1. The van der Waals surface area contributed by atoms with E-state index in [1.165, 1.54) is 25.9 Å². The number of carbonyl (C=O) groups is 1. The van der Waals surface area contributed by atoms with Crippen molar-refractivity contribution in [1.29, 1.82) is 0 Å². The molecular formula is C15H29N3O. The lowest BCUT2D eigenvalue weighted by Crippen LogP contribution is -2.46. The number of amides is 1. The molecule has 4 heteroatoms. The van der Waals surface area contributed by atoms with Gasteiger partial charge in [0.15, 0.2) is 0 Å². The van der Waals surface area contributed by atoms with Gasteiger partial charge < -0.3 is 15.5 Å². The highest BCUT2D eigenvalue weighted by molar-refractivity contribution is 5.81. The van der Waals surface area contributed by atoms with Crippen LogP contribution in [0.3, 0.4) is 0 Å². The third-order valence-corrected chi connectivity index (χ3v) is 4.17. The van der Waals surface area contributed by atoms with E-state index in [2.05, 4.69) is 29.4 Å². The zero-order valence-corrected chi connectivity index (χ0v) is 12.5. The molecule has 0 aromatic heterocycles. The van der Waals surface area contributed by atoms with E-state index in [1.54, 1.807) is 0 Å². The Balaban J connectivity index is 1.68. The molecule has 2 fully saturated rings. The van der Waals surface area contributed by atoms with Crippen LogP contribution in [0.4, 0.5) is 0 Å². The van der Waals surface area contributed by atoms with Crippen molar-refractivity contribution in [2.24, 2.45) is 11.8 Å². The fourth-order valence-corrected chi connectivity index (χ4v) is 3.28. The maximum atomic E-state index is 12.0. The number of rotatable bonds is 5. The van der Waals surface area contributed by atoms with Crippen LogP contribution >= 0.6 is 0 Å². The largest absolute Gasteiger partial charge is 0.354 e. The summed E-state index contributed by atoms with van der Waals surface area (Å²) in [7, 11) is 0. The molecule has 2 N–H and O–H groups in total. The number of hydrogen-bond donors (Lipinski definition) is 2. The molecule has 0 aromatic carbocycles. The van der Waals surface area contributed by atoms with Crippen LogP contribution in [0.5, 0.6) is 0 Å². The Morgan fingerprint density at radius 2 is 2.21 bits per heavy atom. The second-order valence-corrected chi connectivity index (χ2v) is 6.56. The van der Waals surface area contributed by atoms with Gasteiger partial charge in [-0.25, -0.2) is 0 Å². The third kappa shape index (κ3) is 4.77. The van der Waals surface area contributed by atoms with Crippen molar-refractivity contribution in [2.75, 3.05) is 32.7 Å². The Hall–Kier alpha value is -0.610. The maximum absolute atomic E-state index is 12.0. The summed E-state index contributed by atoms with van der Waals surface area (Å²) in [6.07, 6.45) is 4.65. The quantitative estimate of drug-likeness (QED) is 0.787. The predicted octanol–water partition coefficient (Wildman–Crippen LogP) is 1.22. The van der Waals surface area contributed by atoms with Crippen LogP contribution in [-0.4, -0.2) is 49.6 Å². The third-order valence-electron chi connectivity index (χ3n) is 4.17. The second kappa shape index (κ2) is 7.25. The van der Waals surface area contributed by atoms with E-state index < -0.39 is 0 Å². The van der Waals surface area contributed by atoms with Crippen molar-refractivity contribution in [3.8, 4) is 0 Å². The maximum Gasteiger partial charge on any atom is 0.237 e. The van der Waals surface area contributed by atoms with Crippen molar-refractivity contribution in [3.63, 3.8) is 0 Å². The number of piperidine rings is 1. The van der Waals surface area contributed by atoms with Crippen molar-refractivity contribution in [2.45, 2.75) is 45.6 Å². The van der Waals surface area contributed by atoms with Gasteiger partial charge in [-0.3, -0.25) is 4.79 Å². The Labute approximate surface area is 117 Å². The van der Waals surface area contributed by atoms with Gasteiger partial charge in [0.1, 0.15) is 0 Å². The highest BCUT2D eigenvalue weighted by Gasteiger charge is 2.24. The molecule has 19 heavy (non-hydrogen) atoms. The number of nitrogens with zero attached hydrogens (tertiary/aromatic N) is 1. The van der Waals surface area contributed by atoms with Crippen LogP contribution < -0.4 is 10.6 Å². The zero-order chi connectivity index (χ0) is 13.7. The molecule has 0 aromatic rings. The van der Waals surface area contributed by atoms with Gasteiger partial charge in [-0.2, -0.15) is 0 Å². The normalized spacial score (nSPS) is 28.8. The average molecular weight is 267 g/mol. The average Bonchev–Trinajstić information content (AvgIpc) is 2.89. The van der Waals surface area contributed by atoms with E-state index in [0.29, 0.717) is 5.92 Å². The minimum absolute atomic E-state index is 0.0651. The lowest BCUT2D eigenvalue weighted by molar-refractivity contribution is -0.123. The first kappa shape index (κ1) is 14.8. The smallest absolute Gasteiger partial charge is 0.237 e. The first-order valence-electron chi connectivity index (χ1n) is 7.88. The molecule has 4 nitrogen and oxygen atoms in total. The summed E-state index contributed by atoms with van der Waals surface area (Å²) in [5.74, 6) is 1.58. The molecule has 2 unspecified atom stereocenters. The van der Waals surface area contributed by atoms with Crippen LogP contribution in [0.2, 0.25) is 0 Å². The van der Waals surface area contributed by atoms with E-state index in [1.807, 2.05) is 0 Å². The highest BCUT2D eigenvalue weighted by atomic mass is 16.2. The van der Waals surface area contributed by atoms with E-state index >= 15 is 0 Å². The van der Waals surface area contributed by atoms with E-state index in [-0.39, 0.29) is 11.9 Å². The molecule has 2 saturated heterocycles. The summed E-state index contributed by atoms with van der Waals surface area (Å²) >= 11 is 0. The van der Waals surface area contributed by atoms with Gasteiger partial charge in [0.25, 0.3) is 0 Å².